The standard InChI is InChI=1S/C24H28N2O6/c1-24(2,3)32-22(28)19(21(27)30-4)20(25)26-23(29)31-13-18-16-11-7-5-9-14(16)15-10-6-8-12-17(15)18/h5-12,18-20H,13,25H2,1-4H3,(H,26,29). The molecule has 2 atom stereocenters. The highest BCUT2D eigenvalue weighted by atomic mass is 16.6. The topological polar surface area (TPSA) is 117 Å². The molecule has 8 heteroatoms. The van der Waals surface area contributed by atoms with Gasteiger partial charge in [-0.1, -0.05) is 48.5 Å². The van der Waals surface area contributed by atoms with E-state index < -0.39 is 35.7 Å². The number of carbonyl (C=O) groups excluding carboxylic acids is 3. The Balaban J connectivity index is 1.67. The summed E-state index contributed by atoms with van der Waals surface area (Å²) in [6, 6.07) is 15.9. The summed E-state index contributed by atoms with van der Waals surface area (Å²) in [7, 11) is 1.12. The minimum Gasteiger partial charge on any atom is -0.468 e. The Morgan fingerprint density at radius 1 is 0.969 bits per heavy atom. The number of benzene rings is 2. The van der Waals surface area contributed by atoms with Crippen molar-refractivity contribution < 1.29 is 28.6 Å². The summed E-state index contributed by atoms with van der Waals surface area (Å²) in [5.41, 5.74) is 9.42. The molecule has 0 aromatic heterocycles. The summed E-state index contributed by atoms with van der Waals surface area (Å²) in [6.45, 7) is 5.04. The highest BCUT2D eigenvalue weighted by Gasteiger charge is 2.38. The summed E-state index contributed by atoms with van der Waals surface area (Å²) in [4.78, 5) is 37.0. The highest BCUT2D eigenvalue weighted by molar-refractivity contribution is 5.96. The maximum atomic E-state index is 12.4. The van der Waals surface area contributed by atoms with Crippen molar-refractivity contribution >= 4 is 18.0 Å². The Kier molecular flexibility index (Phi) is 6.84. The molecule has 1 amide bonds. The smallest absolute Gasteiger partial charge is 0.408 e. The van der Waals surface area contributed by atoms with Crippen molar-refractivity contribution in [2.75, 3.05) is 13.7 Å². The first-order valence-electron chi connectivity index (χ1n) is 10.3. The number of fused-ring (bicyclic) bond motifs is 3. The molecule has 0 aliphatic heterocycles. The number of hydrogen-bond donors (Lipinski definition) is 2. The maximum Gasteiger partial charge on any atom is 0.408 e. The molecule has 0 spiro atoms. The van der Waals surface area contributed by atoms with Crippen LogP contribution in [0.5, 0.6) is 0 Å². The van der Waals surface area contributed by atoms with Crippen molar-refractivity contribution in [2.24, 2.45) is 11.7 Å². The normalized spacial score (nSPS) is 14.5. The largest absolute Gasteiger partial charge is 0.468 e. The van der Waals surface area contributed by atoms with Crippen LogP contribution in [-0.2, 0) is 23.8 Å². The van der Waals surface area contributed by atoms with Gasteiger partial charge in [-0.05, 0) is 43.0 Å². The lowest BCUT2D eigenvalue weighted by Crippen LogP contribution is -2.54. The van der Waals surface area contributed by atoms with Crippen LogP contribution >= 0.6 is 0 Å². The number of rotatable bonds is 6. The first-order valence-corrected chi connectivity index (χ1v) is 10.3. The van der Waals surface area contributed by atoms with Crippen molar-refractivity contribution in [1.82, 2.24) is 5.32 Å². The lowest BCUT2D eigenvalue weighted by Gasteiger charge is -2.26. The molecule has 0 fully saturated rings. The van der Waals surface area contributed by atoms with Crippen molar-refractivity contribution in [3.8, 4) is 11.1 Å². The fraction of sp³-hybridized carbons (Fsp3) is 0.375. The Morgan fingerprint density at radius 2 is 1.50 bits per heavy atom. The molecular formula is C24H28N2O6. The summed E-state index contributed by atoms with van der Waals surface area (Å²) < 4.78 is 15.3. The predicted molar refractivity (Wildman–Crippen MR) is 118 cm³/mol. The molecule has 0 saturated carbocycles. The van der Waals surface area contributed by atoms with Gasteiger partial charge in [-0.25, -0.2) is 4.79 Å². The minimum absolute atomic E-state index is 0.0713. The van der Waals surface area contributed by atoms with E-state index in [0.29, 0.717) is 0 Å². The summed E-state index contributed by atoms with van der Waals surface area (Å²) in [6.07, 6.45) is -2.23. The number of nitrogens with two attached hydrogens (primary N) is 1. The van der Waals surface area contributed by atoms with Gasteiger partial charge in [0, 0.05) is 5.92 Å². The monoisotopic (exact) mass is 440 g/mol. The quantitative estimate of drug-likeness (QED) is 0.307. The number of hydrogen-bond acceptors (Lipinski definition) is 7. The molecular weight excluding hydrogens is 412 g/mol. The van der Waals surface area contributed by atoms with Crippen molar-refractivity contribution in [2.45, 2.75) is 38.5 Å². The van der Waals surface area contributed by atoms with E-state index in [4.69, 9.17) is 15.2 Å². The van der Waals surface area contributed by atoms with Crippen molar-refractivity contribution in [3.63, 3.8) is 0 Å². The average molecular weight is 440 g/mol. The Morgan fingerprint density at radius 3 is 2.00 bits per heavy atom. The zero-order valence-electron chi connectivity index (χ0n) is 18.6. The van der Waals surface area contributed by atoms with E-state index in [1.807, 2.05) is 48.5 Å². The van der Waals surface area contributed by atoms with Crippen molar-refractivity contribution in [1.29, 1.82) is 0 Å². The van der Waals surface area contributed by atoms with Crippen LogP contribution in [0.3, 0.4) is 0 Å². The molecule has 2 unspecified atom stereocenters. The third-order valence-corrected chi connectivity index (χ3v) is 5.10. The Hall–Kier alpha value is -3.39. The molecule has 3 rings (SSSR count). The lowest BCUT2D eigenvalue weighted by molar-refractivity contribution is -0.169. The second kappa shape index (κ2) is 9.40. The van der Waals surface area contributed by atoms with Crippen LogP contribution in [0.15, 0.2) is 48.5 Å². The first kappa shape index (κ1) is 23.3. The fourth-order valence-electron chi connectivity index (χ4n) is 3.74. The molecule has 2 aromatic carbocycles. The molecule has 32 heavy (non-hydrogen) atoms. The zero-order valence-corrected chi connectivity index (χ0v) is 18.6. The fourth-order valence-corrected chi connectivity index (χ4v) is 3.74. The number of methoxy groups -OCH3 is 1. The molecule has 0 saturated heterocycles. The summed E-state index contributed by atoms with van der Waals surface area (Å²) >= 11 is 0. The van der Waals surface area contributed by atoms with Crippen LogP contribution in [0.4, 0.5) is 4.79 Å². The molecule has 0 radical (unpaired) electrons. The SMILES string of the molecule is COC(=O)C(C(=O)OC(C)(C)C)C(N)NC(=O)OCC1c2ccccc2-c2ccccc21. The van der Waals surface area contributed by atoms with E-state index in [-0.39, 0.29) is 12.5 Å². The molecule has 8 nitrogen and oxygen atoms in total. The highest BCUT2D eigenvalue weighted by Crippen LogP contribution is 2.44. The number of amides is 1. The molecule has 3 N–H and O–H groups in total. The molecule has 2 aromatic rings. The van der Waals surface area contributed by atoms with Gasteiger partial charge in [0.15, 0.2) is 5.92 Å². The van der Waals surface area contributed by atoms with Crippen LogP contribution < -0.4 is 11.1 Å². The first-order chi connectivity index (χ1) is 15.1. The molecule has 0 bridgehead atoms. The Labute approximate surface area is 187 Å². The van der Waals surface area contributed by atoms with E-state index in [1.165, 1.54) is 0 Å². The van der Waals surface area contributed by atoms with E-state index in [2.05, 4.69) is 10.1 Å². The van der Waals surface area contributed by atoms with Gasteiger partial charge in [0.1, 0.15) is 18.4 Å². The Bertz CT molecular complexity index is 968. The number of carbonyl (C=O) groups is 3. The van der Waals surface area contributed by atoms with E-state index in [9.17, 15) is 14.4 Å². The van der Waals surface area contributed by atoms with Crippen LogP contribution in [-0.4, -0.2) is 43.5 Å². The van der Waals surface area contributed by atoms with Gasteiger partial charge >= 0.3 is 18.0 Å². The predicted octanol–water partition coefficient (Wildman–Crippen LogP) is 2.94. The van der Waals surface area contributed by atoms with Crippen LogP contribution in [0, 0.1) is 5.92 Å². The zero-order chi connectivity index (χ0) is 23.5. The van der Waals surface area contributed by atoms with Gasteiger partial charge in [0.25, 0.3) is 0 Å². The van der Waals surface area contributed by atoms with Gasteiger partial charge in [0.05, 0.1) is 7.11 Å². The molecule has 1 aliphatic carbocycles. The molecule has 1 aliphatic rings. The number of alkyl carbamates (subject to hydrolysis) is 1. The third-order valence-electron chi connectivity index (χ3n) is 5.10. The minimum atomic E-state index is -1.53. The average Bonchev–Trinajstić information content (AvgIpc) is 3.04. The van der Waals surface area contributed by atoms with Gasteiger partial charge in [-0.2, -0.15) is 0 Å². The van der Waals surface area contributed by atoms with Gasteiger partial charge < -0.3 is 25.3 Å². The number of esters is 2. The van der Waals surface area contributed by atoms with Gasteiger partial charge in [-0.3, -0.25) is 9.59 Å². The molecule has 170 valence electrons. The summed E-state index contributed by atoms with van der Waals surface area (Å²) in [5, 5.41) is 2.35. The number of nitrogens with one attached hydrogen (secondary N) is 1. The third kappa shape index (κ3) is 5.08. The second-order valence-corrected chi connectivity index (χ2v) is 8.53. The second-order valence-electron chi connectivity index (χ2n) is 8.53. The van der Waals surface area contributed by atoms with Crippen LogP contribution in [0.1, 0.15) is 37.8 Å². The van der Waals surface area contributed by atoms with Crippen LogP contribution in [0.2, 0.25) is 0 Å². The number of ether oxygens (including phenoxy) is 3. The van der Waals surface area contributed by atoms with Gasteiger partial charge in [-0.15, -0.1) is 0 Å². The van der Waals surface area contributed by atoms with E-state index in [1.54, 1.807) is 20.8 Å². The van der Waals surface area contributed by atoms with E-state index in [0.717, 1.165) is 29.4 Å². The van der Waals surface area contributed by atoms with E-state index >= 15 is 0 Å². The molecule has 0 heterocycles. The van der Waals surface area contributed by atoms with Crippen LogP contribution in [0.25, 0.3) is 11.1 Å². The maximum absolute atomic E-state index is 12.4. The summed E-state index contributed by atoms with van der Waals surface area (Å²) in [5.74, 6) is -3.46. The van der Waals surface area contributed by atoms with Crippen molar-refractivity contribution in [3.05, 3.63) is 59.7 Å². The van der Waals surface area contributed by atoms with Gasteiger partial charge in [0.2, 0.25) is 0 Å². The lowest BCUT2D eigenvalue weighted by atomic mass is 9.98.